The predicted octanol–water partition coefficient (Wildman–Crippen LogP) is 4.43. The minimum atomic E-state index is -0.713. The van der Waals surface area contributed by atoms with E-state index in [2.05, 4.69) is 5.32 Å². The number of hydrogen-bond donors (Lipinski definition) is 1. The summed E-state index contributed by atoms with van der Waals surface area (Å²) in [6.45, 7) is 4.94. The molecule has 0 saturated heterocycles. The van der Waals surface area contributed by atoms with Gasteiger partial charge in [0.25, 0.3) is 0 Å². The van der Waals surface area contributed by atoms with Crippen LogP contribution in [0.25, 0.3) is 0 Å². The smallest absolute Gasteiger partial charge is 0.168 e. The van der Waals surface area contributed by atoms with Gasteiger partial charge in [0.15, 0.2) is 11.6 Å². The summed E-state index contributed by atoms with van der Waals surface area (Å²) in [5.74, 6) is -0.795. The lowest BCUT2D eigenvalue weighted by atomic mass is 10.1. The first-order chi connectivity index (χ1) is 9.60. The zero-order valence-corrected chi connectivity index (χ0v) is 11.5. The molecule has 0 aliphatic heterocycles. The second kappa shape index (κ2) is 6.48. The van der Waals surface area contributed by atoms with Crippen LogP contribution in [-0.2, 0) is 0 Å². The second-order valence-corrected chi connectivity index (χ2v) is 4.53. The van der Waals surface area contributed by atoms with E-state index in [0.29, 0.717) is 5.75 Å². The largest absolute Gasteiger partial charge is 0.454 e. The lowest BCUT2D eigenvalue weighted by Gasteiger charge is -2.14. The Bertz CT molecular complexity index is 586. The van der Waals surface area contributed by atoms with Crippen molar-refractivity contribution in [2.45, 2.75) is 19.9 Å². The monoisotopic (exact) mass is 277 g/mol. The van der Waals surface area contributed by atoms with Crippen molar-refractivity contribution in [3.8, 4) is 11.5 Å². The maximum atomic E-state index is 13.5. The zero-order valence-electron chi connectivity index (χ0n) is 11.5. The van der Waals surface area contributed by atoms with Gasteiger partial charge in [-0.25, -0.2) is 8.78 Å². The van der Waals surface area contributed by atoms with Crippen LogP contribution in [0.15, 0.2) is 42.5 Å². The molecule has 20 heavy (non-hydrogen) atoms. The lowest BCUT2D eigenvalue weighted by Crippen LogP contribution is -2.17. The van der Waals surface area contributed by atoms with Crippen LogP contribution in [-0.4, -0.2) is 6.54 Å². The fraction of sp³-hybridized carbons (Fsp3) is 0.250. The molecule has 1 atom stereocenters. The maximum Gasteiger partial charge on any atom is 0.168 e. The number of ether oxygens (including phenoxy) is 1. The van der Waals surface area contributed by atoms with E-state index in [0.717, 1.165) is 18.2 Å². The van der Waals surface area contributed by atoms with Gasteiger partial charge in [-0.2, -0.15) is 0 Å². The minimum Gasteiger partial charge on any atom is -0.454 e. The number of halogens is 2. The Kier molecular flexibility index (Phi) is 4.69. The van der Waals surface area contributed by atoms with Gasteiger partial charge in [-0.05, 0) is 43.3 Å². The summed E-state index contributed by atoms with van der Waals surface area (Å²) >= 11 is 0. The van der Waals surface area contributed by atoms with Crippen LogP contribution in [0.3, 0.4) is 0 Å². The van der Waals surface area contributed by atoms with E-state index in [1.54, 1.807) is 6.07 Å². The Balaban J connectivity index is 2.19. The zero-order chi connectivity index (χ0) is 14.5. The standard InChI is InChI=1S/C16H17F2NO/c1-3-19-11(2)12-5-4-6-14(9-12)20-16-8-7-13(17)10-15(16)18/h4-11,19H,3H2,1-2H3. The summed E-state index contributed by atoms with van der Waals surface area (Å²) in [4.78, 5) is 0. The summed E-state index contributed by atoms with van der Waals surface area (Å²) in [6.07, 6.45) is 0. The van der Waals surface area contributed by atoms with E-state index in [1.165, 1.54) is 12.1 Å². The van der Waals surface area contributed by atoms with Gasteiger partial charge in [-0.15, -0.1) is 0 Å². The van der Waals surface area contributed by atoms with Crippen LogP contribution < -0.4 is 10.1 Å². The SMILES string of the molecule is CCNC(C)c1cccc(Oc2ccc(F)cc2F)c1. The van der Waals surface area contributed by atoms with Crippen molar-refractivity contribution < 1.29 is 13.5 Å². The normalized spacial score (nSPS) is 12.2. The molecule has 1 unspecified atom stereocenters. The van der Waals surface area contributed by atoms with Gasteiger partial charge < -0.3 is 10.1 Å². The molecule has 0 aliphatic rings. The highest BCUT2D eigenvalue weighted by Crippen LogP contribution is 2.27. The Morgan fingerprint density at radius 1 is 1.15 bits per heavy atom. The van der Waals surface area contributed by atoms with E-state index >= 15 is 0 Å². The van der Waals surface area contributed by atoms with Gasteiger partial charge in [0.2, 0.25) is 0 Å². The third kappa shape index (κ3) is 3.54. The minimum absolute atomic E-state index is 0.0136. The number of nitrogens with one attached hydrogen (secondary N) is 1. The van der Waals surface area contributed by atoms with E-state index in [-0.39, 0.29) is 11.8 Å². The molecule has 0 aliphatic carbocycles. The first-order valence-electron chi connectivity index (χ1n) is 6.56. The molecule has 0 saturated carbocycles. The summed E-state index contributed by atoms with van der Waals surface area (Å²) in [6, 6.07) is 10.8. The fourth-order valence-corrected chi connectivity index (χ4v) is 1.96. The van der Waals surface area contributed by atoms with Crippen molar-refractivity contribution in [3.05, 3.63) is 59.7 Å². The number of hydrogen-bond acceptors (Lipinski definition) is 2. The van der Waals surface area contributed by atoms with Crippen LogP contribution >= 0.6 is 0 Å². The van der Waals surface area contributed by atoms with Gasteiger partial charge in [0.05, 0.1) is 0 Å². The van der Waals surface area contributed by atoms with Gasteiger partial charge in [0.1, 0.15) is 11.6 Å². The van der Waals surface area contributed by atoms with Gasteiger partial charge >= 0.3 is 0 Å². The van der Waals surface area contributed by atoms with E-state index in [1.807, 2.05) is 32.0 Å². The molecule has 106 valence electrons. The second-order valence-electron chi connectivity index (χ2n) is 4.53. The van der Waals surface area contributed by atoms with E-state index in [4.69, 9.17) is 4.74 Å². The molecular formula is C16H17F2NO. The van der Waals surface area contributed by atoms with Gasteiger partial charge in [0, 0.05) is 12.1 Å². The van der Waals surface area contributed by atoms with Gasteiger partial charge in [-0.1, -0.05) is 19.1 Å². The topological polar surface area (TPSA) is 21.3 Å². The van der Waals surface area contributed by atoms with Crippen molar-refractivity contribution in [3.63, 3.8) is 0 Å². The quantitative estimate of drug-likeness (QED) is 0.873. The highest BCUT2D eigenvalue weighted by Gasteiger charge is 2.08. The molecule has 2 nitrogen and oxygen atoms in total. The molecule has 2 aromatic rings. The van der Waals surface area contributed by atoms with Gasteiger partial charge in [-0.3, -0.25) is 0 Å². The molecule has 0 fully saturated rings. The van der Waals surface area contributed by atoms with Crippen LogP contribution in [0.5, 0.6) is 11.5 Å². The molecule has 0 bridgehead atoms. The Morgan fingerprint density at radius 3 is 2.65 bits per heavy atom. The third-order valence-electron chi connectivity index (χ3n) is 2.99. The lowest BCUT2D eigenvalue weighted by molar-refractivity contribution is 0.436. The Morgan fingerprint density at radius 2 is 1.95 bits per heavy atom. The van der Waals surface area contributed by atoms with Crippen molar-refractivity contribution >= 4 is 0 Å². The highest BCUT2D eigenvalue weighted by molar-refractivity contribution is 5.35. The van der Waals surface area contributed by atoms with Crippen LogP contribution in [0, 0.1) is 11.6 Å². The van der Waals surface area contributed by atoms with Crippen LogP contribution in [0.2, 0.25) is 0 Å². The molecule has 0 aromatic heterocycles. The average molecular weight is 277 g/mol. The molecule has 0 amide bonds. The highest BCUT2D eigenvalue weighted by atomic mass is 19.1. The summed E-state index contributed by atoms with van der Waals surface area (Å²) in [5.41, 5.74) is 1.05. The summed E-state index contributed by atoms with van der Waals surface area (Å²) in [5, 5.41) is 3.29. The summed E-state index contributed by atoms with van der Waals surface area (Å²) < 4.78 is 31.8. The van der Waals surface area contributed by atoms with E-state index in [9.17, 15) is 8.78 Å². The molecule has 0 radical (unpaired) electrons. The number of benzene rings is 2. The molecule has 1 N–H and O–H groups in total. The summed E-state index contributed by atoms with van der Waals surface area (Å²) in [7, 11) is 0. The van der Waals surface area contributed by atoms with Crippen LogP contribution in [0.1, 0.15) is 25.5 Å². The molecule has 0 heterocycles. The first-order valence-corrected chi connectivity index (χ1v) is 6.56. The van der Waals surface area contributed by atoms with E-state index < -0.39 is 11.6 Å². The van der Waals surface area contributed by atoms with Crippen molar-refractivity contribution in [1.82, 2.24) is 5.32 Å². The van der Waals surface area contributed by atoms with Crippen LogP contribution in [0.4, 0.5) is 8.78 Å². The van der Waals surface area contributed by atoms with Crippen molar-refractivity contribution in [2.24, 2.45) is 0 Å². The van der Waals surface area contributed by atoms with Crippen molar-refractivity contribution in [1.29, 1.82) is 0 Å². The molecular weight excluding hydrogens is 260 g/mol. The number of rotatable bonds is 5. The third-order valence-corrected chi connectivity index (χ3v) is 2.99. The first kappa shape index (κ1) is 14.5. The molecule has 4 heteroatoms. The molecule has 0 spiro atoms. The molecule has 2 rings (SSSR count). The molecule has 2 aromatic carbocycles. The van der Waals surface area contributed by atoms with Crippen molar-refractivity contribution in [2.75, 3.05) is 6.54 Å². The predicted molar refractivity (Wildman–Crippen MR) is 75.0 cm³/mol. The fourth-order valence-electron chi connectivity index (χ4n) is 1.96. The maximum absolute atomic E-state index is 13.5. The Hall–Kier alpha value is -1.94. The Labute approximate surface area is 117 Å². The average Bonchev–Trinajstić information content (AvgIpc) is 2.43.